The Hall–Kier alpha value is -1.52. The Bertz CT molecular complexity index is 553. The van der Waals surface area contributed by atoms with Crippen molar-refractivity contribution in [1.82, 2.24) is 4.57 Å². The molecule has 19 heavy (non-hydrogen) atoms. The molecule has 0 N–H and O–H groups in total. The van der Waals surface area contributed by atoms with E-state index >= 15 is 0 Å². The second-order valence-electron chi connectivity index (χ2n) is 4.28. The minimum atomic E-state index is -0.0410. The van der Waals surface area contributed by atoms with Gasteiger partial charge in [-0.05, 0) is 11.6 Å². The highest BCUT2D eigenvalue weighted by atomic mass is 32.1. The van der Waals surface area contributed by atoms with E-state index in [9.17, 15) is 4.79 Å². The predicted molar refractivity (Wildman–Crippen MR) is 79.7 cm³/mol. The molecule has 0 aliphatic rings. The monoisotopic (exact) mass is 275 g/mol. The number of aromatic nitrogens is 1. The van der Waals surface area contributed by atoms with Gasteiger partial charge in [0, 0.05) is 18.0 Å². The van der Waals surface area contributed by atoms with Crippen molar-refractivity contribution < 1.29 is 4.74 Å². The largest absolute Gasteiger partial charge is 0.375 e. The zero-order valence-electron chi connectivity index (χ0n) is 10.6. The van der Waals surface area contributed by atoms with Crippen LogP contribution in [-0.2, 0) is 11.3 Å². The van der Waals surface area contributed by atoms with E-state index in [0.717, 1.165) is 5.56 Å². The molecular weight excluding hydrogens is 258 g/mol. The van der Waals surface area contributed by atoms with E-state index in [1.807, 2.05) is 36.4 Å². The number of hydrogen-bond donors (Lipinski definition) is 1. The summed E-state index contributed by atoms with van der Waals surface area (Å²) in [5.74, 6) is 0.568. The molecule has 1 heterocycles. The number of pyridine rings is 1. The molecule has 0 saturated heterocycles. The van der Waals surface area contributed by atoms with Gasteiger partial charge in [-0.3, -0.25) is 4.79 Å². The van der Waals surface area contributed by atoms with Crippen LogP contribution in [0.25, 0.3) is 0 Å². The maximum absolute atomic E-state index is 11.7. The van der Waals surface area contributed by atoms with Gasteiger partial charge in [-0.1, -0.05) is 36.4 Å². The quantitative estimate of drug-likeness (QED) is 0.821. The molecule has 1 aromatic carbocycles. The highest BCUT2D eigenvalue weighted by Crippen LogP contribution is 2.08. The Labute approximate surface area is 118 Å². The maximum Gasteiger partial charge on any atom is 0.250 e. The molecule has 0 unspecified atom stereocenters. The molecule has 0 bridgehead atoms. The first-order chi connectivity index (χ1) is 9.31. The summed E-state index contributed by atoms with van der Waals surface area (Å²) in [6.45, 7) is 1.02. The Morgan fingerprint density at radius 3 is 2.53 bits per heavy atom. The molecule has 0 fully saturated rings. The number of thiol groups is 1. The molecule has 0 amide bonds. The minimum Gasteiger partial charge on any atom is -0.375 e. The zero-order chi connectivity index (χ0) is 13.5. The fourth-order valence-corrected chi connectivity index (χ4v) is 2.13. The second kappa shape index (κ2) is 7.16. The van der Waals surface area contributed by atoms with E-state index < -0.39 is 0 Å². The van der Waals surface area contributed by atoms with Crippen LogP contribution in [0.4, 0.5) is 0 Å². The lowest BCUT2D eigenvalue weighted by Gasteiger charge is -2.17. The molecule has 4 heteroatoms. The first-order valence-corrected chi connectivity index (χ1v) is 6.84. The van der Waals surface area contributed by atoms with E-state index in [-0.39, 0.29) is 11.6 Å². The third-order valence-corrected chi connectivity index (χ3v) is 3.30. The molecule has 1 atom stereocenters. The lowest BCUT2D eigenvalue weighted by molar-refractivity contribution is 0.0952. The van der Waals surface area contributed by atoms with Gasteiger partial charge in [-0.25, -0.2) is 0 Å². The Morgan fingerprint density at radius 2 is 1.84 bits per heavy atom. The fraction of sp³-hybridized carbons (Fsp3) is 0.267. The Kier molecular flexibility index (Phi) is 5.24. The third kappa shape index (κ3) is 3.98. The molecule has 1 aromatic heterocycles. The first kappa shape index (κ1) is 13.9. The summed E-state index contributed by atoms with van der Waals surface area (Å²) < 4.78 is 7.34. The molecular formula is C15H17NO2S. The van der Waals surface area contributed by atoms with Crippen molar-refractivity contribution >= 4 is 12.6 Å². The van der Waals surface area contributed by atoms with Crippen molar-refractivity contribution in [2.75, 3.05) is 12.4 Å². The van der Waals surface area contributed by atoms with Crippen molar-refractivity contribution in [3.05, 3.63) is 70.6 Å². The van der Waals surface area contributed by atoms with E-state index in [0.29, 0.717) is 19.0 Å². The summed E-state index contributed by atoms with van der Waals surface area (Å²) in [7, 11) is 0. The molecule has 0 spiro atoms. The van der Waals surface area contributed by atoms with Crippen LogP contribution in [0.2, 0.25) is 0 Å². The summed E-state index contributed by atoms with van der Waals surface area (Å²) in [6, 6.07) is 15.1. The summed E-state index contributed by atoms with van der Waals surface area (Å²) in [4.78, 5) is 11.7. The van der Waals surface area contributed by atoms with Crippen LogP contribution >= 0.6 is 12.6 Å². The standard InChI is InChI=1S/C15H17NO2S/c17-15-8-4-5-9-16(15)14(12-19)11-18-10-13-6-2-1-3-7-13/h1-9,14,19H,10-12H2/t14-/m0/s1. The fourth-order valence-electron chi connectivity index (χ4n) is 1.85. The van der Waals surface area contributed by atoms with Crippen molar-refractivity contribution in [3.63, 3.8) is 0 Å². The molecule has 2 rings (SSSR count). The molecule has 0 aliphatic heterocycles. The van der Waals surface area contributed by atoms with Gasteiger partial charge in [0.1, 0.15) is 0 Å². The van der Waals surface area contributed by atoms with Gasteiger partial charge in [-0.15, -0.1) is 0 Å². The van der Waals surface area contributed by atoms with Crippen molar-refractivity contribution in [2.45, 2.75) is 12.6 Å². The normalized spacial score (nSPS) is 12.3. The van der Waals surface area contributed by atoms with Gasteiger partial charge in [0.2, 0.25) is 0 Å². The van der Waals surface area contributed by atoms with E-state index in [1.165, 1.54) is 0 Å². The summed E-state index contributed by atoms with van der Waals surface area (Å²) >= 11 is 4.29. The molecule has 0 radical (unpaired) electrons. The topological polar surface area (TPSA) is 31.2 Å². The van der Waals surface area contributed by atoms with Crippen LogP contribution in [0.15, 0.2) is 59.5 Å². The average molecular weight is 275 g/mol. The van der Waals surface area contributed by atoms with Gasteiger partial charge in [0.25, 0.3) is 5.56 Å². The highest BCUT2D eigenvalue weighted by Gasteiger charge is 2.10. The third-order valence-electron chi connectivity index (χ3n) is 2.88. The van der Waals surface area contributed by atoms with E-state index in [2.05, 4.69) is 12.6 Å². The number of rotatable bonds is 6. The van der Waals surface area contributed by atoms with E-state index in [4.69, 9.17) is 4.74 Å². The molecule has 3 nitrogen and oxygen atoms in total. The highest BCUT2D eigenvalue weighted by molar-refractivity contribution is 7.80. The number of ether oxygens (including phenoxy) is 1. The van der Waals surface area contributed by atoms with Crippen LogP contribution in [0.1, 0.15) is 11.6 Å². The summed E-state index contributed by atoms with van der Waals surface area (Å²) in [5, 5.41) is 0. The number of nitrogens with zero attached hydrogens (tertiary/aromatic N) is 1. The van der Waals surface area contributed by atoms with Crippen LogP contribution in [-0.4, -0.2) is 16.9 Å². The smallest absolute Gasteiger partial charge is 0.250 e. The van der Waals surface area contributed by atoms with Crippen molar-refractivity contribution in [3.8, 4) is 0 Å². The number of benzene rings is 1. The van der Waals surface area contributed by atoms with Crippen LogP contribution in [0.3, 0.4) is 0 Å². The lowest BCUT2D eigenvalue weighted by Crippen LogP contribution is -2.27. The van der Waals surface area contributed by atoms with Gasteiger partial charge >= 0.3 is 0 Å². The summed E-state index contributed by atoms with van der Waals surface area (Å²) in [6.07, 6.45) is 1.77. The van der Waals surface area contributed by atoms with Gasteiger partial charge in [0.15, 0.2) is 0 Å². The SMILES string of the molecule is O=c1ccccn1[C@H](CS)COCc1ccccc1. The van der Waals surface area contributed by atoms with Crippen molar-refractivity contribution in [2.24, 2.45) is 0 Å². The lowest BCUT2D eigenvalue weighted by atomic mass is 10.2. The predicted octanol–water partition coefficient (Wildman–Crippen LogP) is 2.54. The second-order valence-corrected chi connectivity index (χ2v) is 4.65. The van der Waals surface area contributed by atoms with Crippen molar-refractivity contribution in [1.29, 1.82) is 0 Å². The Morgan fingerprint density at radius 1 is 1.11 bits per heavy atom. The maximum atomic E-state index is 11.7. The van der Waals surface area contributed by atoms with Crippen LogP contribution in [0, 0.1) is 0 Å². The zero-order valence-corrected chi connectivity index (χ0v) is 11.5. The van der Waals surface area contributed by atoms with Crippen LogP contribution in [0.5, 0.6) is 0 Å². The summed E-state index contributed by atoms with van der Waals surface area (Å²) in [5.41, 5.74) is 1.10. The Balaban J connectivity index is 1.94. The van der Waals surface area contributed by atoms with Gasteiger partial charge < -0.3 is 9.30 Å². The van der Waals surface area contributed by atoms with Crippen LogP contribution < -0.4 is 5.56 Å². The molecule has 100 valence electrons. The van der Waals surface area contributed by atoms with Gasteiger partial charge in [-0.2, -0.15) is 12.6 Å². The molecule has 2 aromatic rings. The van der Waals surface area contributed by atoms with Gasteiger partial charge in [0.05, 0.1) is 19.3 Å². The van der Waals surface area contributed by atoms with E-state index in [1.54, 1.807) is 22.9 Å². The first-order valence-electron chi connectivity index (χ1n) is 6.21. The average Bonchev–Trinajstić information content (AvgIpc) is 2.46. The molecule has 0 aliphatic carbocycles. The molecule has 0 saturated carbocycles. The minimum absolute atomic E-state index is 0.0233. The number of hydrogen-bond acceptors (Lipinski definition) is 3.